The fourth-order valence-corrected chi connectivity index (χ4v) is 2.16. The van der Waals surface area contributed by atoms with E-state index in [-0.39, 0.29) is 0 Å². The van der Waals surface area contributed by atoms with Crippen LogP contribution in [-0.4, -0.2) is 46.4 Å². The normalized spacial score (nSPS) is 11.5. The number of aromatic nitrogens is 3. The highest BCUT2D eigenvalue weighted by molar-refractivity contribution is 9.10. The van der Waals surface area contributed by atoms with Gasteiger partial charge < -0.3 is 15.0 Å². The van der Waals surface area contributed by atoms with E-state index in [2.05, 4.69) is 31.3 Å². The molecule has 0 aliphatic carbocycles. The quantitative estimate of drug-likeness (QED) is 0.895. The number of fused-ring (bicyclic) bond motifs is 1. The molecule has 2 aromatic heterocycles. The first kappa shape index (κ1) is 16.5. The van der Waals surface area contributed by atoms with Crippen LogP contribution in [0.5, 0.6) is 0 Å². The Balaban J connectivity index is 1.89. The van der Waals surface area contributed by atoms with Crippen molar-refractivity contribution in [2.24, 2.45) is 0 Å². The highest BCUT2D eigenvalue weighted by atomic mass is 79.9. The number of hydrogen-bond donors (Lipinski definition) is 1. The van der Waals surface area contributed by atoms with Gasteiger partial charge in [0.2, 0.25) is 0 Å². The molecule has 0 aliphatic rings. The Labute approximate surface area is 137 Å². The largest absolute Gasteiger partial charge is 0.444 e. The molecular formula is C14H20BrN5O2. The van der Waals surface area contributed by atoms with Gasteiger partial charge in [-0.2, -0.15) is 5.10 Å². The Bertz CT molecular complexity index is 665. The fourth-order valence-electron chi connectivity index (χ4n) is 1.80. The predicted molar refractivity (Wildman–Crippen MR) is 88.2 cm³/mol. The third kappa shape index (κ3) is 4.33. The summed E-state index contributed by atoms with van der Waals surface area (Å²) in [7, 11) is 1.92. The number of halogens is 1. The van der Waals surface area contributed by atoms with Crippen LogP contribution in [0.2, 0.25) is 0 Å². The molecule has 0 unspecified atom stereocenters. The highest BCUT2D eigenvalue weighted by Gasteiger charge is 2.15. The first-order valence-electron chi connectivity index (χ1n) is 6.94. The van der Waals surface area contributed by atoms with Crippen LogP contribution < -0.4 is 10.2 Å². The van der Waals surface area contributed by atoms with Gasteiger partial charge in [0.25, 0.3) is 0 Å². The van der Waals surface area contributed by atoms with Crippen LogP contribution >= 0.6 is 15.9 Å². The number of ether oxygens (including phenoxy) is 1. The highest BCUT2D eigenvalue weighted by Crippen LogP contribution is 2.18. The minimum atomic E-state index is -0.489. The van der Waals surface area contributed by atoms with Crippen LogP contribution in [0.25, 0.3) is 5.65 Å². The molecule has 0 spiro atoms. The number of anilines is 1. The van der Waals surface area contributed by atoms with Crippen molar-refractivity contribution in [3.8, 4) is 0 Å². The lowest BCUT2D eigenvalue weighted by Crippen LogP contribution is -2.37. The number of alkyl carbamates (subject to hydrolysis) is 1. The molecule has 0 aliphatic heterocycles. The monoisotopic (exact) mass is 369 g/mol. The zero-order valence-electron chi connectivity index (χ0n) is 13.1. The third-order valence-electron chi connectivity index (χ3n) is 2.82. The second kappa shape index (κ2) is 6.51. The number of carbonyl (C=O) groups is 1. The van der Waals surface area contributed by atoms with Crippen molar-refractivity contribution < 1.29 is 9.53 Å². The Hall–Kier alpha value is -1.83. The zero-order valence-corrected chi connectivity index (χ0v) is 14.7. The van der Waals surface area contributed by atoms with Crippen LogP contribution in [0, 0.1) is 0 Å². The van der Waals surface area contributed by atoms with Gasteiger partial charge in [-0.1, -0.05) is 0 Å². The molecule has 2 rings (SSSR count). The molecule has 0 saturated carbocycles. The van der Waals surface area contributed by atoms with Crippen molar-refractivity contribution in [3.05, 3.63) is 22.9 Å². The number of hydrogen-bond acceptors (Lipinski definition) is 5. The number of carbonyl (C=O) groups excluding carboxylic acids is 1. The third-order valence-corrected chi connectivity index (χ3v) is 3.38. The van der Waals surface area contributed by atoms with E-state index in [1.807, 2.05) is 45.0 Å². The van der Waals surface area contributed by atoms with E-state index in [9.17, 15) is 4.79 Å². The Morgan fingerprint density at radius 1 is 1.50 bits per heavy atom. The van der Waals surface area contributed by atoms with E-state index in [4.69, 9.17) is 4.74 Å². The van der Waals surface area contributed by atoms with Crippen molar-refractivity contribution in [2.75, 3.05) is 25.0 Å². The average Bonchev–Trinajstić information content (AvgIpc) is 2.78. The average molecular weight is 370 g/mol. The van der Waals surface area contributed by atoms with Gasteiger partial charge >= 0.3 is 6.09 Å². The van der Waals surface area contributed by atoms with Gasteiger partial charge in [-0.05, 0) is 42.8 Å². The first-order chi connectivity index (χ1) is 10.3. The molecular weight excluding hydrogens is 350 g/mol. The standard InChI is InChI=1S/C14H20BrN5O2/c1-14(2,3)22-13(21)16-6-8-19(4)11-5-7-20-12(18-11)10(15)9-17-20/h5,7,9H,6,8H2,1-4H3,(H,16,21). The summed E-state index contributed by atoms with van der Waals surface area (Å²) in [6.45, 7) is 6.59. The summed E-state index contributed by atoms with van der Waals surface area (Å²) in [5, 5.41) is 6.88. The van der Waals surface area contributed by atoms with Crippen molar-refractivity contribution in [1.82, 2.24) is 19.9 Å². The fraction of sp³-hybridized carbons (Fsp3) is 0.500. The molecule has 0 fully saturated rings. The smallest absolute Gasteiger partial charge is 0.407 e. The van der Waals surface area contributed by atoms with Crippen molar-refractivity contribution in [2.45, 2.75) is 26.4 Å². The molecule has 7 nitrogen and oxygen atoms in total. The van der Waals surface area contributed by atoms with E-state index in [0.717, 1.165) is 15.9 Å². The Morgan fingerprint density at radius 3 is 2.91 bits per heavy atom. The molecule has 0 saturated heterocycles. The summed E-state index contributed by atoms with van der Waals surface area (Å²) < 4.78 is 7.72. The van der Waals surface area contributed by atoms with Gasteiger partial charge in [0.05, 0.1) is 10.7 Å². The second-order valence-corrected chi connectivity index (χ2v) is 6.75. The number of nitrogens with one attached hydrogen (secondary N) is 1. The molecule has 0 aromatic carbocycles. The lowest BCUT2D eigenvalue weighted by molar-refractivity contribution is 0.0529. The van der Waals surface area contributed by atoms with E-state index in [0.29, 0.717) is 13.1 Å². The predicted octanol–water partition coefficient (Wildman–Crippen LogP) is 2.45. The van der Waals surface area contributed by atoms with E-state index in [1.165, 1.54) is 0 Å². The van der Waals surface area contributed by atoms with Gasteiger partial charge in [0.1, 0.15) is 11.4 Å². The minimum absolute atomic E-state index is 0.414. The maximum absolute atomic E-state index is 11.6. The van der Waals surface area contributed by atoms with E-state index in [1.54, 1.807) is 10.7 Å². The van der Waals surface area contributed by atoms with Gasteiger partial charge in [-0.15, -0.1) is 0 Å². The summed E-state index contributed by atoms with van der Waals surface area (Å²) in [6.07, 6.45) is 3.14. The Kier molecular flexibility index (Phi) is 4.90. The van der Waals surface area contributed by atoms with Gasteiger partial charge in [-0.25, -0.2) is 14.3 Å². The van der Waals surface area contributed by atoms with Crippen molar-refractivity contribution in [1.29, 1.82) is 0 Å². The summed E-state index contributed by atoms with van der Waals surface area (Å²) in [5.41, 5.74) is 0.265. The maximum Gasteiger partial charge on any atom is 0.407 e. The van der Waals surface area contributed by atoms with E-state index < -0.39 is 11.7 Å². The summed E-state index contributed by atoms with van der Waals surface area (Å²) in [6, 6.07) is 1.87. The van der Waals surface area contributed by atoms with Crippen molar-refractivity contribution >= 4 is 33.5 Å². The van der Waals surface area contributed by atoms with E-state index >= 15 is 0 Å². The maximum atomic E-state index is 11.6. The molecule has 0 bridgehead atoms. The summed E-state index contributed by atoms with van der Waals surface area (Å²) in [4.78, 5) is 18.1. The molecule has 0 atom stereocenters. The van der Waals surface area contributed by atoms with Crippen LogP contribution in [0.3, 0.4) is 0 Å². The topological polar surface area (TPSA) is 71.8 Å². The van der Waals surface area contributed by atoms with Gasteiger partial charge in [0, 0.05) is 26.3 Å². The molecule has 22 heavy (non-hydrogen) atoms. The van der Waals surface area contributed by atoms with Gasteiger partial charge in [0.15, 0.2) is 5.65 Å². The summed E-state index contributed by atoms with van der Waals surface area (Å²) in [5.74, 6) is 0.805. The van der Waals surface area contributed by atoms with Crippen LogP contribution in [0.4, 0.5) is 10.6 Å². The molecule has 0 radical (unpaired) electrons. The number of nitrogens with zero attached hydrogens (tertiary/aromatic N) is 4. The lowest BCUT2D eigenvalue weighted by atomic mass is 10.2. The number of rotatable bonds is 4. The lowest BCUT2D eigenvalue weighted by Gasteiger charge is -2.21. The Morgan fingerprint density at radius 2 is 2.23 bits per heavy atom. The summed E-state index contributed by atoms with van der Waals surface area (Å²) >= 11 is 3.41. The molecule has 1 amide bonds. The van der Waals surface area contributed by atoms with Crippen LogP contribution in [0.1, 0.15) is 20.8 Å². The van der Waals surface area contributed by atoms with Crippen LogP contribution in [-0.2, 0) is 4.74 Å². The van der Waals surface area contributed by atoms with Crippen LogP contribution in [0.15, 0.2) is 22.9 Å². The molecule has 2 aromatic rings. The number of likely N-dealkylation sites (N-methyl/N-ethyl adjacent to an activating group) is 1. The number of amides is 1. The van der Waals surface area contributed by atoms with Gasteiger partial charge in [-0.3, -0.25) is 0 Å². The molecule has 2 heterocycles. The SMILES string of the molecule is CN(CCNC(=O)OC(C)(C)C)c1ccn2ncc(Br)c2n1. The first-order valence-corrected chi connectivity index (χ1v) is 7.73. The minimum Gasteiger partial charge on any atom is -0.444 e. The molecule has 1 N–H and O–H groups in total. The zero-order chi connectivity index (χ0) is 16.3. The molecule has 8 heteroatoms. The van der Waals surface area contributed by atoms with Crippen molar-refractivity contribution in [3.63, 3.8) is 0 Å². The second-order valence-electron chi connectivity index (χ2n) is 5.90. The molecule has 120 valence electrons.